The fraction of sp³-hybridized carbons (Fsp3) is 0.481. The molecule has 2 amide bonds. The van der Waals surface area contributed by atoms with Gasteiger partial charge in [-0.15, -0.1) is 0 Å². The molecular formula is C27H36N2O2. The van der Waals surface area contributed by atoms with Gasteiger partial charge in [0.25, 0.3) is 0 Å². The Morgan fingerprint density at radius 1 is 0.710 bits per heavy atom. The molecule has 0 radical (unpaired) electrons. The quantitative estimate of drug-likeness (QED) is 0.492. The summed E-state index contributed by atoms with van der Waals surface area (Å²) < 4.78 is 0. The standard InChI is InChI=1S/C27H36N2O2/c1-16(2)11-23-24-14-19(28-26(30)12-17(3)4)7-9-21(24)22-10-8-20(15-25(22)23)29-27(31)13-18(5)6/h7-10,14-18,23H,11-13H2,1-6H3,(H,28,30)(H,29,31). The van der Waals surface area contributed by atoms with Gasteiger partial charge < -0.3 is 10.6 Å². The normalized spacial score (nSPS) is 12.9. The average molecular weight is 421 g/mol. The topological polar surface area (TPSA) is 58.2 Å². The number of hydrogen-bond donors (Lipinski definition) is 2. The van der Waals surface area contributed by atoms with Gasteiger partial charge >= 0.3 is 0 Å². The van der Waals surface area contributed by atoms with E-state index >= 15 is 0 Å². The van der Waals surface area contributed by atoms with Crippen LogP contribution < -0.4 is 10.6 Å². The third kappa shape index (κ3) is 5.75. The van der Waals surface area contributed by atoms with Crippen LogP contribution >= 0.6 is 0 Å². The van der Waals surface area contributed by atoms with Crippen molar-refractivity contribution in [2.24, 2.45) is 17.8 Å². The molecule has 4 nitrogen and oxygen atoms in total. The van der Waals surface area contributed by atoms with E-state index in [-0.39, 0.29) is 17.7 Å². The number of nitrogens with one attached hydrogen (secondary N) is 2. The molecule has 0 bridgehead atoms. The van der Waals surface area contributed by atoms with Crippen LogP contribution in [0, 0.1) is 17.8 Å². The predicted octanol–water partition coefficient (Wildman–Crippen LogP) is 6.81. The van der Waals surface area contributed by atoms with Crippen molar-refractivity contribution < 1.29 is 9.59 Å². The van der Waals surface area contributed by atoms with Crippen molar-refractivity contribution in [1.82, 2.24) is 0 Å². The van der Waals surface area contributed by atoms with Gasteiger partial charge in [0.2, 0.25) is 11.8 Å². The smallest absolute Gasteiger partial charge is 0.224 e. The summed E-state index contributed by atoms with van der Waals surface area (Å²) in [7, 11) is 0. The number of carbonyl (C=O) groups is 2. The number of anilines is 2. The second kappa shape index (κ2) is 9.67. The number of hydrogen-bond acceptors (Lipinski definition) is 2. The molecule has 0 saturated carbocycles. The first kappa shape index (κ1) is 23.1. The van der Waals surface area contributed by atoms with E-state index in [1.807, 2.05) is 12.1 Å². The highest BCUT2D eigenvalue weighted by Crippen LogP contribution is 2.49. The minimum atomic E-state index is 0.0565. The summed E-state index contributed by atoms with van der Waals surface area (Å²) in [6.45, 7) is 12.7. The molecule has 0 fully saturated rings. The lowest BCUT2D eigenvalue weighted by Crippen LogP contribution is -2.14. The lowest BCUT2D eigenvalue weighted by atomic mass is 9.88. The van der Waals surface area contributed by atoms with E-state index in [1.54, 1.807) is 0 Å². The van der Waals surface area contributed by atoms with Gasteiger partial charge in [-0.1, -0.05) is 53.7 Å². The Morgan fingerprint density at radius 3 is 1.48 bits per heavy atom. The third-order valence-corrected chi connectivity index (χ3v) is 5.61. The first-order chi connectivity index (χ1) is 14.6. The maximum Gasteiger partial charge on any atom is 0.224 e. The monoisotopic (exact) mass is 420 g/mol. The van der Waals surface area contributed by atoms with Crippen LogP contribution in [0.15, 0.2) is 36.4 Å². The number of benzene rings is 2. The van der Waals surface area contributed by atoms with Crippen LogP contribution in [0.2, 0.25) is 0 Å². The number of fused-ring (bicyclic) bond motifs is 3. The highest BCUT2D eigenvalue weighted by molar-refractivity contribution is 5.93. The zero-order valence-electron chi connectivity index (χ0n) is 19.7. The van der Waals surface area contributed by atoms with Gasteiger partial charge in [0.1, 0.15) is 0 Å². The largest absolute Gasteiger partial charge is 0.326 e. The molecule has 0 atom stereocenters. The lowest BCUT2D eigenvalue weighted by molar-refractivity contribution is -0.117. The van der Waals surface area contributed by atoms with E-state index in [0.717, 1.165) is 17.8 Å². The summed E-state index contributed by atoms with van der Waals surface area (Å²) in [6, 6.07) is 12.5. The van der Waals surface area contributed by atoms with E-state index in [0.29, 0.717) is 30.6 Å². The Kier molecular flexibility index (Phi) is 7.19. The summed E-state index contributed by atoms with van der Waals surface area (Å²) in [5.41, 5.74) is 6.69. The van der Waals surface area contributed by atoms with Crippen molar-refractivity contribution in [3.05, 3.63) is 47.5 Å². The molecule has 0 spiro atoms. The Labute approximate surface area is 186 Å². The molecular weight excluding hydrogens is 384 g/mol. The molecule has 0 aromatic heterocycles. The van der Waals surface area contributed by atoms with Gasteiger partial charge in [0.15, 0.2) is 0 Å². The van der Waals surface area contributed by atoms with Gasteiger partial charge in [0, 0.05) is 30.1 Å². The molecule has 166 valence electrons. The van der Waals surface area contributed by atoms with Crippen LogP contribution in [0.1, 0.15) is 77.8 Å². The van der Waals surface area contributed by atoms with Crippen molar-refractivity contribution in [3.63, 3.8) is 0 Å². The van der Waals surface area contributed by atoms with Crippen molar-refractivity contribution >= 4 is 23.2 Å². The van der Waals surface area contributed by atoms with Crippen LogP contribution in [0.4, 0.5) is 11.4 Å². The zero-order chi connectivity index (χ0) is 22.7. The van der Waals surface area contributed by atoms with Gasteiger partial charge in [-0.25, -0.2) is 0 Å². The maximum absolute atomic E-state index is 12.3. The Morgan fingerprint density at radius 2 is 1.13 bits per heavy atom. The van der Waals surface area contributed by atoms with Crippen LogP contribution in [0.3, 0.4) is 0 Å². The molecule has 2 N–H and O–H groups in total. The van der Waals surface area contributed by atoms with Crippen LogP contribution in [-0.2, 0) is 9.59 Å². The molecule has 0 saturated heterocycles. The molecule has 1 aliphatic rings. The summed E-state index contributed by atoms with van der Waals surface area (Å²) >= 11 is 0. The van der Waals surface area contributed by atoms with E-state index in [2.05, 4.69) is 76.4 Å². The van der Waals surface area contributed by atoms with Crippen molar-refractivity contribution in [3.8, 4) is 11.1 Å². The fourth-order valence-electron chi connectivity index (χ4n) is 4.41. The Balaban J connectivity index is 1.91. The number of amides is 2. The zero-order valence-corrected chi connectivity index (χ0v) is 19.7. The van der Waals surface area contributed by atoms with Crippen molar-refractivity contribution in [2.75, 3.05) is 10.6 Å². The lowest BCUT2D eigenvalue weighted by Gasteiger charge is -2.18. The van der Waals surface area contributed by atoms with Crippen LogP contribution in [0.25, 0.3) is 11.1 Å². The second-order valence-electron chi connectivity index (χ2n) is 10.1. The third-order valence-electron chi connectivity index (χ3n) is 5.61. The van der Waals surface area contributed by atoms with E-state index in [4.69, 9.17) is 0 Å². The molecule has 2 aromatic rings. The van der Waals surface area contributed by atoms with Gasteiger partial charge in [-0.2, -0.15) is 0 Å². The first-order valence-electron chi connectivity index (χ1n) is 11.5. The summed E-state index contributed by atoms with van der Waals surface area (Å²) in [5, 5.41) is 6.13. The van der Waals surface area contributed by atoms with Gasteiger partial charge in [-0.3, -0.25) is 9.59 Å². The highest BCUT2D eigenvalue weighted by Gasteiger charge is 2.30. The van der Waals surface area contributed by atoms with E-state index in [1.165, 1.54) is 22.3 Å². The van der Waals surface area contributed by atoms with Crippen molar-refractivity contribution in [2.45, 2.75) is 66.7 Å². The fourth-order valence-corrected chi connectivity index (χ4v) is 4.41. The molecule has 0 heterocycles. The molecule has 0 unspecified atom stereocenters. The van der Waals surface area contributed by atoms with Crippen LogP contribution in [0.5, 0.6) is 0 Å². The number of rotatable bonds is 8. The molecule has 1 aliphatic carbocycles. The second-order valence-corrected chi connectivity index (χ2v) is 10.1. The Bertz CT molecular complexity index is 886. The summed E-state index contributed by atoms with van der Waals surface area (Å²) in [4.78, 5) is 24.5. The highest BCUT2D eigenvalue weighted by atomic mass is 16.2. The minimum absolute atomic E-state index is 0.0565. The molecule has 3 rings (SSSR count). The Hall–Kier alpha value is -2.62. The summed E-state index contributed by atoms with van der Waals surface area (Å²) in [6.07, 6.45) is 2.06. The SMILES string of the molecule is CC(C)CC(=O)Nc1ccc2c(c1)C(CC(C)C)c1cc(NC(=O)CC(C)C)ccc1-2. The van der Waals surface area contributed by atoms with Gasteiger partial charge in [-0.05, 0) is 70.7 Å². The number of carbonyl (C=O) groups excluding carboxylic acids is 2. The molecule has 2 aromatic carbocycles. The van der Waals surface area contributed by atoms with E-state index < -0.39 is 0 Å². The first-order valence-corrected chi connectivity index (χ1v) is 11.5. The van der Waals surface area contributed by atoms with Crippen LogP contribution in [-0.4, -0.2) is 11.8 Å². The predicted molar refractivity (Wildman–Crippen MR) is 129 cm³/mol. The minimum Gasteiger partial charge on any atom is -0.326 e. The van der Waals surface area contributed by atoms with Gasteiger partial charge in [0.05, 0.1) is 0 Å². The molecule has 4 heteroatoms. The summed E-state index contributed by atoms with van der Waals surface area (Å²) in [5.74, 6) is 1.56. The average Bonchev–Trinajstić information content (AvgIpc) is 2.92. The molecule has 0 aliphatic heterocycles. The van der Waals surface area contributed by atoms with E-state index in [9.17, 15) is 9.59 Å². The maximum atomic E-state index is 12.3. The molecule has 31 heavy (non-hydrogen) atoms. The van der Waals surface area contributed by atoms with Crippen molar-refractivity contribution in [1.29, 1.82) is 0 Å².